The highest BCUT2D eigenvalue weighted by Crippen LogP contribution is 2.25. The molecule has 0 aliphatic heterocycles. The van der Waals surface area contributed by atoms with Crippen LogP contribution >= 0.6 is 0 Å². The van der Waals surface area contributed by atoms with Crippen LogP contribution in [0.3, 0.4) is 0 Å². The average Bonchev–Trinajstić information content (AvgIpc) is 2.37. The Morgan fingerprint density at radius 3 is 2.48 bits per heavy atom. The van der Waals surface area contributed by atoms with E-state index >= 15 is 0 Å². The number of aliphatic hydroxyl groups is 1. The van der Waals surface area contributed by atoms with E-state index in [1.807, 2.05) is 6.07 Å². The van der Waals surface area contributed by atoms with Crippen LogP contribution in [0.25, 0.3) is 0 Å². The Bertz CT molecular complexity index is 422. The normalized spacial score (nSPS) is 12.0. The lowest BCUT2D eigenvalue weighted by molar-refractivity contribution is -0.119. The van der Waals surface area contributed by atoms with Crippen molar-refractivity contribution in [2.45, 2.75) is 26.6 Å². The van der Waals surface area contributed by atoms with Crippen LogP contribution in [0.15, 0.2) is 24.3 Å². The molecule has 0 amide bonds. The lowest BCUT2D eigenvalue weighted by Crippen LogP contribution is -2.37. The summed E-state index contributed by atoms with van der Waals surface area (Å²) in [6.45, 7) is 4.03. The molecule has 6 heteroatoms. The number of halogens is 3. The van der Waals surface area contributed by atoms with Gasteiger partial charge in [0.05, 0.1) is 6.61 Å². The number of anilines is 1. The van der Waals surface area contributed by atoms with Crippen molar-refractivity contribution >= 4 is 5.69 Å². The first kappa shape index (κ1) is 17.8. The lowest BCUT2D eigenvalue weighted by Gasteiger charge is -2.27. The number of hydrogen-bond acceptors (Lipinski definition) is 3. The molecule has 2 N–H and O–H groups in total. The van der Waals surface area contributed by atoms with Gasteiger partial charge >= 0.3 is 6.18 Å². The van der Waals surface area contributed by atoms with E-state index in [1.54, 1.807) is 18.2 Å². The van der Waals surface area contributed by atoms with Crippen molar-refractivity contribution in [3.05, 3.63) is 29.8 Å². The van der Waals surface area contributed by atoms with Gasteiger partial charge in [-0.1, -0.05) is 32.0 Å². The van der Waals surface area contributed by atoms with Crippen LogP contribution in [0, 0.1) is 5.92 Å². The molecule has 21 heavy (non-hydrogen) atoms. The number of nitrogens with zero attached hydrogens (tertiary/aromatic N) is 1. The molecule has 0 heterocycles. The second-order valence-electron chi connectivity index (χ2n) is 5.41. The molecule has 0 saturated carbocycles. The molecule has 1 aromatic rings. The molecule has 0 aliphatic rings. The standard InChI is InChI=1S/C15H23F3N2O/c1-12(2)9-19-10-13-5-3-4-6-14(13)20(7-8-21)11-15(16,17)18/h3-6,12,19,21H,7-11H2,1-2H3. The molecule has 0 unspecified atom stereocenters. The van der Waals surface area contributed by atoms with Gasteiger partial charge in [-0.15, -0.1) is 0 Å². The number of hydrogen-bond donors (Lipinski definition) is 2. The molecule has 0 atom stereocenters. The summed E-state index contributed by atoms with van der Waals surface area (Å²) in [5.74, 6) is 0.473. The largest absolute Gasteiger partial charge is 0.405 e. The molecule has 0 saturated heterocycles. The molecule has 0 radical (unpaired) electrons. The van der Waals surface area contributed by atoms with Crippen LogP contribution in [0.5, 0.6) is 0 Å². The molecule has 0 aliphatic carbocycles. The van der Waals surface area contributed by atoms with E-state index in [2.05, 4.69) is 19.2 Å². The van der Waals surface area contributed by atoms with Gasteiger partial charge < -0.3 is 15.3 Å². The maximum atomic E-state index is 12.7. The van der Waals surface area contributed by atoms with Crippen molar-refractivity contribution in [1.29, 1.82) is 0 Å². The molecular weight excluding hydrogens is 281 g/mol. The summed E-state index contributed by atoms with van der Waals surface area (Å²) < 4.78 is 38.0. The monoisotopic (exact) mass is 304 g/mol. The van der Waals surface area contributed by atoms with Crippen molar-refractivity contribution in [3.8, 4) is 0 Å². The van der Waals surface area contributed by atoms with Crippen molar-refractivity contribution < 1.29 is 18.3 Å². The third kappa shape index (κ3) is 6.82. The van der Waals surface area contributed by atoms with Crippen molar-refractivity contribution in [3.63, 3.8) is 0 Å². The SMILES string of the molecule is CC(C)CNCc1ccccc1N(CCO)CC(F)(F)F. The first-order valence-corrected chi connectivity index (χ1v) is 7.04. The molecule has 3 nitrogen and oxygen atoms in total. The van der Waals surface area contributed by atoms with Crippen LogP contribution < -0.4 is 10.2 Å². The summed E-state index contributed by atoms with van der Waals surface area (Å²) in [5.41, 5.74) is 1.32. The van der Waals surface area contributed by atoms with Crippen molar-refractivity contribution in [1.82, 2.24) is 5.32 Å². The zero-order valence-electron chi connectivity index (χ0n) is 12.5. The fourth-order valence-electron chi connectivity index (χ4n) is 2.09. The smallest absolute Gasteiger partial charge is 0.395 e. The van der Waals surface area contributed by atoms with Crippen molar-refractivity contribution in [2.24, 2.45) is 5.92 Å². The minimum atomic E-state index is -4.30. The van der Waals surface area contributed by atoms with Gasteiger partial charge in [0.2, 0.25) is 0 Å². The van der Waals surface area contributed by atoms with Crippen LogP contribution in [0.2, 0.25) is 0 Å². The molecule has 120 valence electrons. The highest BCUT2D eigenvalue weighted by Gasteiger charge is 2.31. The molecule has 1 rings (SSSR count). The Kier molecular flexibility index (Phi) is 6.98. The summed E-state index contributed by atoms with van der Waals surface area (Å²) in [5, 5.41) is 12.2. The van der Waals surface area contributed by atoms with Gasteiger partial charge in [0.25, 0.3) is 0 Å². The first-order valence-electron chi connectivity index (χ1n) is 7.04. The van der Waals surface area contributed by atoms with E-state index in [1.165, 1.54) is 4.90 Å². The molecule has 0 fully saturated rings. The maximum Gasteiger partial charge on any atom is 0.405 e. The summed E-state index contributed by atoms with van der Waals surface area (Å²) in [7, 11) is 0. The Hall–Kier alpha value is -1.27. The van der Waals surface area contributed by atoms with E-state index in [0.717, 1.165) is 12.1 Å². The minimum absolute atomic E-state index is 0.0410. The summed E-state index contributed by atoms with van der Waals surface area (Å²) >= 11 is 0. The average molecular weight is 304 g/mol. The molecule has 0 spiro atoms. The first-order chi connectivity index (χ1) is 9.83. The van der Waals surface area contributed by atoms with E-state index in [0.29, 0.717) is 18.2 Å². The number of rotatable bonds is 8. The number of nitrogens with one attached hydrogen (secondary N) is 1. The predicted molar refractivity (Wildman–Crippen MR) is 78.3 cm³/mol. The maximum absolute atomic E-state index is 12.7. The fourth-order valence-corrected chi connectivity index (χ4v) is 2.09. The number of para-hydroxylation sites is 1. The van der Waals surface area contributed by atoms with Crippen LogP contribution in [-0.2, 0) is 6.54 Å². The highest BCUT2D eigenvalue weighted by atomic mass is 19.4. The number of alkyl halides is 3. The van der Waals surface area contributed by atoms with E-state index in [-0.39, 0.29) is 13.2 Å². The van der Waals surface area contributed by atoms with E-state index < -0.39 is 12.7 Å². The van der Waals surface area contributed by atoms with Gasteiger partial charge in [0, 0.05) is 18.8 Å². The Morgan fingerprint density at radius 1 is 1.24 bits per heavy atom. The second kappa shape index (κ2) is 8.24. The van der Waals surface area contributed by atoms with Gasteiger partial charge in [-0.05, 0) is 24.1 Å². The van der Waals surface area contributed by atoms with Gasteiger partial charge in [0.15, 0.2) is 0 Å². The molecule has 1 aromatic carbocycles. The van der Waals surface area contributed by atoms with Crippen LogP contribution in [-0.4, -0.2) is 37.5 Å². The van der Waals surface area contributed by atoms with Gasteiger partial charge in [-0.3, -0.25) is 0 Å². The second-order valence-corrected chi connectivity index (χ2v) is 5.41. The number of benzene rings is 1. The van der Waals surface area contributed by atoms with Gasteiger partial charge in [-0.25, -0.2) is 0 Å². The quantitative estimate of drug-likeness (QED) is 0.775. The van der Waals surface area contributed by atoms with Crippen molar-refractivity contribution in [2.75, 3.05) is 31.1 Å². The van der Waals surface area contributed by atoms with E-state index in [9.17, 15) is 13.2 Å². The summed E-state index contributed by atoms with van der Waals surface area (Å²) in [6.07, 6.45) is -4.30. The Labute approximate surface area is 123 Å². The van der Waals surface area contributed by atoms with Gasteiger partial charge in [-0.2, -0.15) is 13.2 Å². The third-order valence-corrected chi connectivity index (χ3v) is 2.94. The molecule has 0 bridgehead atoms. The summed E-state index contributed by atoms with van der Waals surface area (Å²) in [6, 6.07) is 6.99. The van der Waals surface area contributed by atoms with Crippen LogP contribution in [0.1, 0.15) is 19.4 Å². The Morgan fingerprint density at radius 2 is 1.90 bits per heavy atom. The third-order valence-electron chi connectivity index (χ3n) is 2.94. The molecular formula is C15H23F3N2O. The number of aliphatic hydroxyl groups excluding tert-OH is 1. The van der Waals surface area contributed by atoms with E-state index in [4.69, 9.17) is 5.11 Å². The topological polar surface area (TPSA) is 35.5 Å². The zero-order valence-corrected chi connectivity index (χ0v) is 12.5. The Balaban J connectivity index is 2.86. The summed E-state index contributed by atoms with van der Waals surface area (Å²) in [4.78, 5) is 1.17. The lowest BCUT2D eigenvalue weighted by atomic mass is 10.1. The minimum Gasteiger partial charge on any atom is -0.395 e. The zero-order chi connectivity index (χ0) is 15.9. The van der Waals surface area contributed by atoms with Crippen LogP contribution in [0.4, 0.5) is 18.9 Å². The van der Waals surface area contributed by atoms with Gasteiger partial charge in [0.1, 0.15) is 6.54 Å². The predicted octanol–water partition coefficient (Wildman–Crippen LogP) is 2.79. The molecule has 0 aromatic heterocycles. The fraction of sp³-hybridized carbons (Fsp3) is 0.600. The highest BCUT2D eigenvalue weighted by molar-refractivity contribution is 5.53.